The SMILES string of the molecule is CCCNC(=O)C(=O)N/N=C\c1ccc(OCC(=O)Nc2ccc(Br)cc2)c(OCC)c1. The smallest absolute Gasteiger partial charge is 0.329 e. The first kappa shape index (κ1) is 24.9. The predicted octanol–water partition coefficient (Wildman–Crippen LogP) is 2.84. The lowest BCUT2D eigenvalue weighted by Gasteiger charge is -2.12. The Hall–Kier alpha value is -3.40. The standard InChI is InChI=1S/C22H25BrN4O5/c1-3-11-24-21(29)22(30)27-25-13-15-5-10-18(19(12-15)31-4-2)32-14-20(28)26-17-8-6-16(23)7-9-17/h5-10,12-13H,3-4,11,14H2,1-2H3,(H,24,29)(H,26,28)(H,27,30)/b25-13-. The van der Waals surface area contributed by atoms with Crippen LogP contribution < -0.4 is 25.5 Å². The third kappa shape index (κ3) is 8.38. The molecule has 0 heterocycles. The van der Waals surface area contributed by atoms with Gasteiger partial charge in [-0.2, -0.15) is 5.10 Å². The van der Waals surface area contributed by atoms with E-state index in [0.29, 0.717) is 35.9 Å². The van der Waals surface area contributed by atoms with Crippen LogP contribution in [0.4, 0.5) is 5.69 Å². The van der Waals surface area contributed by atoms with Crippen molar-refractivity contribution >= 4 is 45.6 Å². The van der Waals surface area contributed by atoms with Crippen molar-refractivity contribution in [1.29, 1.82) is 0 Å². The second kappa shape index (κ2) is 13.1. The van der Waals surface area contributed by atoms with Crippen LogP contribution in [0.2, 0.25) is 0 Å². The molecule has 0 aliphatic heterocycles. The molecule has 0 fully saturated rings. The first-order chi connectivity index (χ1) is 15.4. The van der Waals surface area contributed by atoms with Gasteiger partial charge in [0, 0.05) is 16.7 Å². The fourth-order valence-electron chi connectivity index (χ4n) is 2.40. The molecule has 0 aliphatic rings. The van der Waals surface area contributed by atoms with Crippen LogP contribution in [-0.4, -0.2) is 43.7 Å². The summed E-state index contributed by atoms with van der Waals surface area (Å²) in [5.74, 6) is -1.11. The quantitative estimate of drug-likeness (QED) is 0.261. The Bertz CT molecular complexity index is 963. The molecule has 10 heteroatoms. The minimum Gasteiger partial charge on any atom is -0.490 e. The zero-order valence-electron chi connectivity index (χ0n) is 17.8. The molecule has 9 nitrogen and oxygen atoms in total. The van der Waals surface area contributed by atoms with Crippen molar-refractivity contribution in [1.82, 2.24) is 10.7 Å². The summed E-state index contributed by atoms with van der Waals surface area (Å²) in [4.78, 5) is 35.3. The summed E-state index contributed by atoms with van der Waals surface area (Å²) >= 11 is 3.34. The van der Waals surface area contributed by atoms with Gasteiger partial charge in [0.25, 0.3) is 5.91 Å². The summed E-state index contributed by atoms with van der Waals surface area (Å²) < 4.78 is 12.1. The first-order valence-electron chi connectivity index (χ1n) is 9.99. The van der Waals surface area contributed by atoms with Gasteiger partial charge in [-0.15, -0.1) is 0 Å². The average molecular weight is 505 g/mol. The number of nitrogens with zero attached hydrogens (tertiary/aromatic N) is 1. The van der Waals surface area contributed by atoms with E-state index < -0.39 is 11.8 Å². The van der Waals surface area contributed by atoms with E-state index in [4.69, 9.17) is 9.47 Å². The van der Waals surface area contributed by atoms with Crippen LogP contribution in [0.25, 0.3) is 0 Å². The lowest BCUT2D eigenvalue weighted by atomic mass is 10.2. The number of hydrogen-bond donors (Lipinski definition) is 3. The van der Waals surface area contributed by atoms with Gasteiger partial charge in [-0.25, -0.2) is 5.43 Å². The topological polar surface area (TPSA) is 118 Å². The highest BCUT2D eigenvalue weighted by Crippen LogP contribution is 2.28. The first-order valence-corrected chi connectivity index (χ1v) is 10.8. The molecule has 0 unspecified atom stereocenters. The van der Waals surface area contributed by atoms with Gasteiger partial charge in [0.1, 0.15) is 0 Å². The second-order valence-corrected chi connectivity index (χ2v) is 7.35. The number of hydrogen-bond acceptors (Lipinski definition) is 6. The Morgan fingerprint density at radius 1 is 1.00 bits per heavy atom. The van der Waals surface area contributed by atoms with Gasteiger partial charge in [0.15, 0.2) is 18.1 Å². The summed E-state index contributed by atoms with van der Waals surface area (Å²) in [6.45, 7) is 4.30. The van der Waals surface area contributed by atoms with Crippen LogP contribution in [0, 0.1) is 0 Å². The molecular weight excluding hydrogens is 480 g/mol. The molecular formula is C22H25BrN4O5. The number of ether oxygens (including phenoxy) is 2. The predicted molar refractivity (Wildman–Crippen MR) is 125 cm³/mol. The number of amides is 3. The number of carbonyl (C=O) groups is 3. The number of rotatable bonds is 10. The molecule has 0 saturated carbocycles. The van der Waals surface area contributed by atoms with Crippen LogP contribution in [-0.2, 0) is 14.4 Å². The van der Waals surface area contributed by atoms with Gasteiger partial charge in [-0.1, -0.05) is 22.9 Å². The molecule has 2 aromatic rings. The molecule has 3 N–H and O–H groups in total. The Kier molecular flexibility index (Phi) is 10.2. The van der Waals surface area contributed by atoms with Gasteiger partial charge in [-0.05, 0) is 61.4 Å². The van der Waals surface area contributed by atoms with Gasteiger partial charge in [0.05, 0.1) is 12.8 Å². The van der Waals surface area contributed by atoms with Crippen LogP contribution in [0.5, 0.6) is 11.5 Å². The number of nitrogens with one attached hydrogen (secondary N) is 3. The minimum atomic E-state index is -0.850. The van der Waals surface area contributed by atoms with Gasteiger partial charge < -0.3 is 20.1 Å². The van der Waals surface area contributed by atoms with E-state index in [2.05, 4.69) is 37.1 Å². The molecule has 0 bridgehead atoms. The largest absolute Gasteiger partial charge is 0.490 e. The van der Waals surface area contributed by atoms with Gasteiger partial charge >= 0.3 is 11.8 Å². The molecule has 2 rings (SSSR count). The highest BCUT2D eigenvalue weighted by Gasteiger charge is 2.12. The van der Waals surface area contributed by atoms with E-state index in [0.717, 1.165) is 10.9 Å². The van der Waals surface area contributed by atoms with Crippen LogP contribution in [0.3, 0.4) is 0 Å². The molecule has 32 heavy (non-hydrogen) atoms. The van der Waals surface area contributed by atoms with Gasteiger partial charge in [-0.3, -0.25) is 14.4 Å². The number of benzene rings is 2. The summed E-state index contributed by atoms with van der Waals surface area (Å²) in [7, 11) is 0. The van der Waals surface area contributed by atoms with E-state index in [1.807, 2.05) is 26.0 Å². The Labute approximate surface area is 194 Å². The number of hydrazone groups is 1. The fraction of sp³-hybridized carbons (Fsp3) is 0.273. The molecule has 0 saturated heterocycles. The van der Waals surface area contributed by atoms with Crippen molar-refractivity contribution in [2.45, 2.75) is 20.3 Å². The minimum absolute atomic E-state index is 0.202. The van der Waals surface area contributed by atoms with Crippen LogP contribution in [0.15, 0.2) is 52.0 Å². The van der Waals surface area contributed by atoms with Crippen molar-refractivity contribution in [3.05, 3.63) is 52.5 Å². The van der Waals surface area contributed by atoms with Crippen LogP contribution in [0.1, 0.15) is 25.8 Å². The zero-order valence-corrected chi connectivity index (χ0v) is 19.4. The Balaban J connectivity index is 1.94. The Morgan fingerprint density at radius 3 is 2.44 bits per heavy atom. The number of carbonyl (C=O) groups excluding carboxylic acids is 3. The van der Waals surface area contributed by atoms with Crippen molar-refractivity contribution in [3.63, 3.8) is 0 Å². The van der Waals surface area contributed by atoms with Crippen molar-refractivity contribution in [2.75, 3.05) is 25.1 Å². The normalized spacial score (nSPS) is 10.5. The molecule has 0 radical (unpaired) electrons. The molecule has 0 atom stereocenters. The van der Waals surface area contributed by atoms with Crippen LogP contribution >= 0.6 is 15.9 Å². The highest BCUT2D eigenvalue weighted by atomic mass is 79.9. The van der Waals surface area contributed by atoms with E-state index in [-0.39, 0.29) is 12.5 Å². The highest BCUT2D eigenvalue weighted by molar-refractivity contribution is 9.10. The monoisotopic (exact) mass is 504 g/mol. The lowest BCUT2D eigenvalue weighted by Crippen LogP contribution is -2.38. The molecule has 0 aromatic heterocycles. The third-order valence-corrected chi connectivity index (χ3v) is 4.40. The molecule has 0 spiro atoms. The molecule has 170 valence electrons. The molecule has 0 aliphatic carbocycles. The summed E-state index contributed by atoms with van der Waals surface area (Å²) in [6, 6.07) is 12.2. The van der Waals surface area contributed by atoms with Crippen molar-refractivity contribution < 1.29 is 23.9 Å². The molecule has 2 aromatic carbocycles. The van der Waals surface area contributed by atoms with E-state index >= 15 is 0 Å². The van der Waals surface area contributed by atoms with E-state index in [1.165, 1.54) is 6.21 Å². The summed E-state index contributed by atoms with van der Waals surface area (Å²) in [5, 5.41) is 8.98. The average Bonchev–Trinajstić information content (AvgIpc) is 2.78. The van der Waals surface area contributed by atoms with E-state index in [9.17, 15) is 14.4 Å². The second-order valence-electron chi connectivity index (χ2n) is 6.44. The third-order valence-electron chi connectivity index (χ3n) is 3.88. The fourth-order valence-corrected chi connectivity index (χ4v) is 2.67. The number of anilines is 1. The maximum Gasteiger partial charge on any atom is 0.329 e. The maximum absolute atomic E-state index is 12.2. The summed E-state index contributed by atoms with van der Waals surface area (Å²) in [5.41, 5.74) is 3.43. The van der Waals surface area contributed by atoms with Gasteiger partial charge in [0.2, 0.25) is 0 Å². The van der Waals surface area contributed by atoms with Crippen molar-refractivity contribution in [2.24, 2.45) is 5.10 Å². The lowest BCUT2D eigenvalue weighted by molar-refractivity contribution is -0.139. The Morgan fingerprint density at radius 2 is 1.75 bits per heavy atom. The summed E-state index contributed by atoms with van der Waals surface area (Å²) in [6.07, 6.45) is 2.10. The maximum atomic E-state index is 12.2. The van der Waals surface area contributed by atoms with Crippen molar-refractivity contribution in [3.8, 4) is 11.5 Å². The van der Waals surface area contributed by atoms with E-state index in [1.54, 1.807) is 30.3 Å². The zero-order chi connectivity index (χ0) is 23.3. The molecule has 3 amide bonds. The number of halogens is 1.